The van der Waals surface area contributed by atoms with Crippen LogP contribution in [0.5, 0.6) is 0 Å². The third kappa shape index (κ3) is 2.12. The first-order valence-corrected chi connectivity index (χ1v) is 4.43. The molecule has 0 aliphatic rings. The van der Waals surface area contributed by atoms with Gasteiger partial charge in [0, 0.05) is 5.56 Å². The molecule has 0 saturated heterocycles. The normalized spacial score (nSPS) is 12.1. The summed E-state index contributed by atoms with van der Waals surface area (Å²) in [5, 5.41) is 8.92. The molecule has 0 fully saturated rings. The van der Waals surface area contributed by atoms with Crippen LogP contribution in [-0.4, -0.2) is 16.9 Å². The van der Waals surface area contributed by atoms with Crippen molar-refractivity contribution in [2.45, 2.75) is 6.92 Å². The van der Waals surface area contributed by atoms with Gasteiger partial charge in [-0.2, -0.15) is 0 Å². The van der Waals surface area contributed by atoms with Gasteiger partial charge in [-0.1, -0.05) is 23.7 Å². The summed E-state index contributed by atoms with van der Waals surface area (Å²) in [6, 6.07) is 6.41. The van der Waals surface area contributed by atoms with Crippen LogP contribution in [0.15, 0.2) is 24.3 Å². The van der Waals surface area contributed by atoms with E-state index in [2.05, 4.69) is 0 Å². The largest absolute Gasteiger partial charge is 0.481 e. The number of rotatable bonds is 3. The van der Waals surface area contributed by atoms with Gasteiger partial charge in [-0.3, -0.25) is 9.59 Å². The molecule has 0 saturated carbocycles. The fourth-order valence-electron chi connectivity index (χ4n) is 1.01. The van der Waals surface area contributed by atoms with Crippen molar-refractivity contribution in [2.75, 3.05) is 0 Å². The maximum Gasteiger partial charge on any atom is 0.314 e. The number of Topliss-reactive ketones (excluding diaryl/α,β-unsaturated/α-hetero) is 1. The number of benzene rings is 1. The number of carboxylic acid groups (broad SMARTS) is 1. The van der Waals surface area contributed by atoms with Gasteiger partial charge in [-0.25, -0.2) is 0 Å². The standard InChI is InChI=1S/C10H9ClO3/c1-6(10(13)14)9(12)7-4-2-3-5-8(7)11/h2-6H,1H3,(H,13,14)/t6-/m0/s1. The molecule has 1 rings (SSSR count). The van der Waals surface area contributed by atoms with Crippen molar-refractivity contribution in [3.8, 4) is 0 Å². The Hall–Kier alpha value is -1.35. The Morgan fingerprint density at radius 3 is 2.43 bits per heavy atom. The van der Waals surface area contributed by atoms with Gasteiger partial charge in [0.2, 0.25) is 0 Å². The fraction of sp³-hybridized carbons (Fsp3) is 0.200. The van der Waals surface area contributed by atoms with Gasteiger partial charge < -0.3 is 5.11 Å². The Morgan fingerprint density at radius 2 is 1.93 bits per heavy atom. The minimum absolute atomic E-state index is 0.254. The summed E-state index contributed by atoms with van der Waals surface area (Å²) in [7, 11) is 0. The number of carboxylic acids is 1. The van der Waals surface area contributed by atoms with E-state index in [0.717, 1.165) is 0 Å². The molecule has 3 nitrogen and oxygen atoms in total. The van der Waals surface area contributed by atoms with E-state index in [1.54, 1.807) is 18.2 Å². The van der Waals surface area contributed by atoms with E-state index in [0.29, 0.717) is 0 Å². The van der Waals surface area contributed by atoms with Crippen LogP contribution in [-0.2, 0) is 4.79 Å². The molecule has 1 aromatic rings. The van der Waals surface area contributed by atoms with Crippen molar-refractivity contribution in [3.05, 3.63) is 34.9 Å². The molecule has 0 amide bonds. The van der Waals surface area contributed by atoms with Gasteiger partial charge in [0.1, 0.15) is 5.92 Å². The lowest BCUT2D eigenvalue weighted by Gasteiger charge is -2.06. The number of carbonyl (C=O) groups excluding carboxylic acids is 1. The number of aliphatic carboxylic acids is 1. The molecule has 1 aromatic carbocycles. The second-order valence-electron chi connectivity index (χ2n) is 2.90. The molecule has 0 radical (unpaired) electrons. The summed E-state index contributed by atoms with van der Waals surface area (Å²) in [5.41, 5.74) is 0.254. The second-order valence-corrected chi connectivity index (χ2v) is 3.31. The van der Waals surface area contributed by atoms with Crippen molar-refractivity contribution in [1.82, 2.24) is 0 Å². The number of halogens is 1. The Balaban J connectivity index is 3.01. The van der Waals surface area contributed by atoms with Gasteiger partial charge in [0.25, 0.3) is 0 Å². The van der Waals surface area contributed by atoms with Gasteiger partial charge in [0.15, 0.2) is 5.78 Å². The van der Waals surface area contributed by atoms with Gasteiger partial charge in [-0.05, 0) is 19.1 Å². The lowest BCUT2D eigenvalue weighted by atomic mass is 10.00. The Bertz CT molecular complexity index is 373. The van der Waals surface area contributed by atoms with E-state index >= 15 is 0 Å². The van der Waals surface area contributed by atoms with Crippen molar-refractivity contribution in [1.29, 1.82) is 0 Å². The zero-order valence-electron chi connectivity index (χ0n) is 7.53. The van der Waals surface area contributed by atoms with Crippen molar-refractivity contribution >= 4 is 23.4 Å². The SMILES string of the molecule is C[C@H](C(=O)O)C(=O)c1ccccc1Cl. The Morgan fingerprint density at radius 1 is 1.36 bits per heavy atom. The zero-order chi connectivity index (χ0) is 10.7. The first-order chi connectivity index (χ1) is 6.54. The minimum atomic E-state index is -1.14. The number of carbonyl (C=O) groups is 2. The lowest BCUT2D eigenvalue weighted by molar-refractivity contribution is -0.139. The maximum atomic E-state index is 11.5. The van der Waals surface area contributed by atoms with Crippen molar-refractivity contribution in [3.63, 3.8) is 0 Å². The molecule has 4 heteroatoms. The van der Waals surface area contributed by atoms with E-state index in [1.165, 1.54) is 13.0 Å². The highest BCUT2D eigenvalue weighted by molar-refractivity contribution is 6.34. The van der Waals surface area contributed by atoms with Crippen LogP contribution in [0, 0.1) is 5.92 Å². The topological polar surface area (TPSA) is 54.4 Å². The lowest BCUT2D eigenvalue weighted by Crippen LogP contribution is -2.20. The van der Waals surface area contributed by atoms with Crippen LogP contribution < -0.4 is 0 Å². The molecule has 0 spiro atoms. The first kappa shape index (κ1) is 10.7. The van der Waals surface area contributed by atoms with Gasteiger partial charge in [0.05, 0.1) is 5.02 Å². The number of hydrogen-bond acceptors (Lipinski definition) is 2. The zero-order valence-corrected chi connectivity index (χ0v) is 8.28. The summed E-state index contributed by atoms with van der Waals surface area (Å²) in [5.74, 6) is -2.67. The molecular formula is C10H9ClO3. The van der Waals surface area contributed by atoms with E-state index in [-0.39, 0.29) is 10.6 Å². The smallest absolute Gasteiger partial charge is 0.314 e. The monoisotopic (exact) mass is 212 g/mol. The summed E-state index contributed by atoms with van der Waals surface area (Å²) >= 11 is 5.75. The van der Waals surface area contributed by atoms with Gasteiger partial charge >= 0.3 is 5.97 Å². The highest BCUT2D eigenvalue weighted by atomic mass is 35.5. The van der Waals surface area contributed by atoms with Crippen LogP contribution in [0.25, 0.3) is 0 Å². The minimum Gasteiger partial charge on any atom is -0.481 e. The summed E-state index contributed by atoms with van der Waals surface area (Å²) in [6.45, 7) is 1.34. The van der Waals surface area contributed by atoms with Crippen LogP contribution in [0.2, 0.25) is 5.02 Å². The van der Waals surface area contributed by atoms with Crippen molar-refractivity contribution in [2.24, 2.45) is 5.92 Å². The Labute approximate surface area is 86.3 Å². The van der Waals surface area contributed by atoms with E-state index in [9.17, 15) is 9.59 Å². The van der Waals surface area contributed by atoms with Crippen LogP contribution >= 0.6 is 11.6 Å². The molecular weight excluding hydrogens is 204 g/mol. The highest BCUT2D eigenvalue weighted by Gasteiger charge is 2.23. The molecule has 14 heavy (non-hydrogen) atoms. The van der Waals surface area contributed by atoms with E-state index in [4.69, 9.17) is 16.7 Å². The quantitative estimate of drug-likeness (QED) is 0.618. The van der Waals surface area contributed by atoms with E-state index < -0.39 is 17.7 Å². The third-order valence-corrected chi connectivity index (χ3v) is 2.23. The summed E-state index contributed by atoms with van der Waals surface area (Å²) < 4.78 is 0. The molecule has 0 heterocycles. The average Bonchev–Trinajstić information content (AvgIpc) is 2.16. The molecule has 1 atom stereocenters. The first-order valence-electron chi connectivity index (χ1n) is 4.05. The maximum absolute atomic E-state index is 11.5. The molecule has 0 bridgehead atoms. The number of hydrogen-bond donors (Lipinski definition) is 1. The molecule has 0 aliphatic heterocycles. The summed E-state index contributed by atoms with van der Waals surface area (Å²) in [4.78, 5) is 22.1. The summed E-state index contributed by atoms with van der Waals surface area (Å²) in [6.07, 6.45) is 0. The molecule has 0 aliphatic carbocycles. The molecule has 0 unspecified atom stereocenters. The highest BCUT2D eigenvalue weighted by Crippen LogP contribution is 2.18. The Kier molecular flexibility index (Phi) is 3.25. The second kappa shape index (κ2) is 4.24. The van der Waals surface area contributed by atoms with Crippen LogP contribution in [0.3, 0.4) is 0 Å². The average molecular weight is 213 g/mol. The predicted octanol–water partition coefficient (Wildman–Crippen LogP) is 2.24. The molecule has 1 N–H and O–H groups in total. The van der Waals surface area contributed by atoms with Gasteiger partial charge in [-0.15, -0.1) is 0 Å². The fourth-order valence-corrected chi connectivity index (χ4v) is 1.24. The molecule has 74 valence electrons. The van der Waals surface area contributed by atoms with Crippen LogP contribution in [0.1, 0.15) is 17.3 Å². The molecule has 0 aromatic heterocycles. The van der Waals surface area contributed by atoms with E-state index in [1.807, 2.05) is 0 Å². The predicted molar refractivity (Wildman–Crippen MR) is 52.6 cm³/mol. The van der Waals surface area contributed by atoms with Crippen LogP contribution in [0.4, 0.5) is 0 Å². The van der Waals surface area contributed by atoms with Crippen molar-refractivity contribution < 1.29 is 14.7 Å². The third-order valence-electron chi connectivity index (χ3n) is 1.90. The number of ketones is 1.